The summed E-state index contributed by atoms with van der Waals surface area (Å²) >= 11 is 0. The molecule has 0 radical (unpaired) electrons. The highest BCUT2D eigenvalue weighted by Gasteiger charge is 2.24. The highest BCUT2D eigenvalue weighted by atomic mass is 16.5. The molecule has 3 rings (SSSR count). The monoisotopic (exact) mass is 423 g/mol. The number of hydrogen-bond acceptors (Lipinski definition) is 4. The van der Waals surface area contributed by atoms with Gasteiger partial charge < -0.3 is 20.3 Å². The van der Waals surface area contributed by atoms with Crippen molar-refractivity contribution in [2.24, 2.45) is 5.92 Å². The van der Waals surface area contributed by atoms with Crippen LogP contribution in [0.25, 0.3) is 11.1 Å². The number of methoxy groups -OCH3 is 1. The predicted octanol–water partition coefficient (Wildman–Crippen LogP) is 3.55. The Morgan fingerprint density at radius 1 is 1.03 bits per heavy atom. The number of nitrogens with one attached hydrogen (secondary N) is 2. The first-order valence-electron chi connectivity index (χ1n) is 11.1. The van der Waals surface area contributed by atoms with Crippen molar-refractivity contribution in [3.8, 4) is 11.1 Å². The molecule has 0 aromatic heterocycles. The Labute approximate surface area is 185 Å². The quantitative estimate of drug-likeness (QED) is 0.574. The number of para-hydroxylation sites is 1. The molecule has 6 nitrogen and oxygen atoms in total. The summed E-state index contributed by atoms with van der Waals surface area (Å²) in [6.45, 7) is 3.74. The van der Waals surface area contributed by atoms with Gasteiger partial charge in [-0.1, -0.05) is 48.5 Å². The van der Waals surface area contributed by atoms with Crippen LogP contribution in [0.4, 0.5) is 5.69 Å². The lowest BCUT2D eigenvalue weighted by Gasteiger charge is -2.31. The standard InChI is InChI=1S/C25H33N3O3/c1-31-19-7-15-26-25(30)21-12-16-28(17-13-21)18-14-24(29)27-23-11-6-5-10-22(23)20-8-3-2-4-9-20/h2-6,8-11,21H,7,12-19H2,1H3,(H,26,30)(H,27,29). The molecule has 2 N–H and O–H groups in total. The van der Waals surface area contributed by atoms with Crippen molar-refractivity contribution < 1.29 is 14.3 Å². The fourth-order valence-corrected chi connectivity index (χ4v) is 3.93. The first kappa shape index (κ1) is 23.0. The molecule has 2 aromatic carbocycles. The van der Waals surface area contributed by atoms with Gasteiger partial charge in [-0.3, -0.25) is 9.59 Å². The van der Waals surface area contributed by atoms with Gasteiger partial charge in [-0.25, -0.2) is 0 Å². The van der Waals surface area contributed by atoms with Crippen molar-refractivity contribution in [2.45, 2.75) is 25.7 Å². The van der Waals surface area contributed by atoms with E-state index in [1.54, 1.807) is 7.11 Å². The minimum Gasteiger partial charge on any atom is -0.385 e. The first-order chi connectivity index (χ1) is 15.2. The fraction of sp³-hybridized carbons (Fsp3) is 0.440. The van der Waals surface area contributed by atoms with Gasteiger partial charge in [0.25, 0.3) is 0 Å². The highest BCUT2D eigenvalue weighted by molar-refractivity contribution is 5.95. The number of nitrogens with zero attached hydrogens (tertiary/aromatic N) is 1. The molecule has 166 valence electrons. The van der Waals surface area contributed by atoms with Crippen LogP contribution in [0.15, 0.2) is 54.6 Å². The van der Waals surface area contributed by atoms with Gasteiger partial charge in [0.1, 0.15) is 0 Å². The Kier molecular flexibility index (Phi) is 9.06. The van der Waals surface area contributed by atoms with E-state index in [0.29, 0.717) is 26.1 Å². The van der Waals surface area contributed by atoms with E-state index in [4.69, 9.17) is 4.74 Å². The molecule has 0 unspecified atom stereocenters. The number of carbonyl (C=O) groups is 2. The molecule has 0 saturated carbocycles. The number of amides is 2. The van der Waals surface area contributed by atoms with Crippen LogP contribution in [0, 0.1) is 5.92 Å². The van der Waals surface area contributed by atoms with Gasteiger partial charge in [-0.05, 0) is 44.0 Å². The van der Waals surface area contributed by atoms with E-state index >= 15 is 0 Å². The van der Waals surface area contributed by atoms with Crippen molar-refractivity contribution in [2.75, 3.05) is 45.2 Å². The molecule has 0 spiro atoms. The number of benzene rings is 2. The Morgan fingerprint density at radius 2 is 1.74 bits per heavy atom. The number of likely N-dealkylation sites (tertiary alicyclic amines) is 1. The van der Waals surface area contributed by atoms with Gasteiger partial charge in [-0.15, -0.1) is 0 Å². The van der Waals surface area contributed by atoms with E-state index in [0.717, 1.165) is 49.2 Å². The lowest BCUT2D eigenvalue weighted by atomic mass is 9.95. The van der Waals surface area contributed by atoms with Crippen LogP contribution >= 0.6 is 0 Å². The Morgan fingerprint density at radius 3 is 2.48 bits per heavy atom. The molecule has 0 atom stereocenters. The summed E-state index contributed by atoms with van der Waals surface area (Å²) in [7, 11) is 1.67. The third-order valence-corrected chi connectivity index (χ3v) is 5.72. The number of anilines is 1. The molecule has 2 amide bonds. The lowest BCUT2D eigenvalue weighted by molar-refractivity contribution is -0.126. The number of rotatable bonds is 10. The first-order valence-corrected chi connectivity index (χ1v) is 11.1. The molecule has 1 heterocycles. The Hall–Kier alpha value is -2.70. The average molecular weight is 424 g/mol. The maximum absolute atomic E-state index is 12.6. The highest BCUT2D eigenvalue weighted by Crippen LogP contribution is 2.27. The third-order valence-electron chi connectivity index (χ3n) is 5.72. The molecule has 0 bridgehead atoms. The van der Waals surface area contributed by atoms with Crippen LogP contribution < -0.4 is 10.6 Å². The second kappa shape index (κ2) is 12.2. The summed E-state index contributed by atoms with van der Waals surface area (Å²) in [6.07, 6.45) is 2.96. The van der Waals surface area contributed by atoms with Gasteiger partial charge in [0.2, 0.25) is 11.8 Å². The van der Waals surface area contributed by atoms with Crippen LogP contribution in [-0.2, 0) is 14.3 Å². The van der Waals surface area contributed by atoms with Crippen LogP contribution in [0.3, 0.4) is 0 Å². The van der Waals surface area contributed by atoms with Gasteiger partial charge in [0, 0.05) is 50.4 Å². The molecule has 31 heavy (non-hydrogen) atoms. The number of hydrogen-bond donors (Lipinski definition) is 2. The van der Waals surface area contributed by atoms with Crippen LogP contribution in [0.5, 0.6) is 0 Å². The molecule has 1 fully saturated rings. The maximum atomic E-state index is 12.6. The third kappa shape index (κ3) is 7.19. The van der Waals surface area contributed by atoms with Crippen LogP contribution in [-0.4, -0.2) is 56.6 Å². The van der Waals surface area contributed by atoms with Gasteiger partial charge >= 0.3 is 0 Å². The van der Waals surface area contributed by atoms with Crippen molar-refractivity contribution in [3.63, 3.8) is 0 Å². The normalized spacial score (nSPS) is 14.9. The SMILES string of the molecule is COCCCNC(=O)C1CCN(CCC(=O)Nc2ccccc2-c2ccccc2)CC1. The zero-order chi connectivity index (χ0) is 21.9. The summed E-state index contributed by atoms with van der Waals surface area (Å²) in [5.74, 6) is 0.234. The zero-order valence-electron chi connectivity index (χ0n) is 18.3. The summed E-state index contributed by atoms with van der Waals surface area (Å²) in [5.41, 5.74) is 2.94. The fourth-order valence-electron chi connectivity index (χ4n) is 3.93. The molecule has 2 aromatic rings. The summed E-state index contributed by atoms with van der Waals surface area (Å²) < 4.78 is 5.01. The van der Waals surface area contributed by atoms with E-state index in [1.165, 1.54) is 0 Å². The molecule has 1 saturated heterocycles. The maximum Gasteiger partial charge on any atom is 0.225 e. The predicted molar refractivity (Wildman–Crippen MR) is 124 cm³/mol. The van der Waals surface area contributed by atoms with Crippen molar-refractivity contribution in [3.05, 3.63) is 54.6 Å². The molecule has 1 aliphatic heterocycles. The molecule has 6 heteroatoms. The van der Waals surface area contributed by atoms with Crippen LogP contribution in [0.2, 0.25) is 0 Å². The number of piperidine rings is 1. The van der Waals surface area contributed by atoms with E-state index in [1.807, 2.05) is 54.6 Å². The van der Waals surface area contributed by atoms with Crippen molar-refractivity contribution >= 4 is 17.5 Å². The second-order valence-electron chi connectivity index (χ2n) is 7.96. The van der Waals surface area contributed by atoms with E-state index in [9.17, 15) is 9.59 Å². The summed E-state index contributed by atoms with van der Waals surface area (Å²) in [6, 6.07) is 18.0. The van der Waals surface area contributed by atoms with Gasteiger partial charge in [0.15, 0.2) is 0 Å². The Balaban J connectivity index is 1.41. The van der Waals surface area contributed by atoms with E-state index in [2.05, 4.69) is 15.5 Å². The van der Waals surface area contributed by atoms with E-state index < -0.39 is 0 Å². The van der Waals surface area contributed by atoms with Crippen molar-refractivity contribution in [1.82, 2.24) is 10.2 Å². The second-order valence-corrected chi connectivity index (χ2v) is 7.96. The van der Waals surface area contributed by atoms with E-state index in [-0.39, 0.29) is 17.7 Å². The molecular formula is C25H33N3O3. The Bertz CT molecular complexity index is 833. The minimum atomic E-state index is 0.0152. The minimum absolute atomic E-state index is 0.0152. The van der Waals surface area contributed by atoms with Crippen LogP contribution in [0.1, 0.15) is 25.7 Å². The average Bonchev–Trinajstić information content (AvgIpc) is 2.81. The lowest BCUT2D eigenvalue weighted by Crippen LogP contribution is -2.41. The van der Waals surface area contributed by atoms with Gasteiger partial charge in [-0.2, -0.15) is 0 Å². The van der Waals surface area contributed by atoms with Crippen molar-refractivity contribution in [1.29, 1.82) is 0 Å². The topological polar surface area (TPSA) is 70.7 Å². The summed E-state index contributed by atoms with van der Waals surface area (Å²) in [5, 5.41) is 6.07. The zero-order valence-corrected chi connectivity index (χ0v) is 18.3. The summed E-state index contributed by atoms with van der Waals surface area (Å²) in [4.78, 5) is 27.1. The number of ether oxygens (including phenoxy) is 1. The smallest absolute Gasteiger partial charge is 0.225 e. The molecule has 1 aliphatic rings. The largest absolute Gasteiger partial charge is 0.385 e. The molecule has 0 aliphatic carbocycles. The van der Waals surface area contributed by atoms with Gasteiger partial charge in [0.05, 0.1) is 0 Å². The molecular weight excluding hydrogens is 390 g/mol. The number of carbonyl (C=O) groups excluding carboxylic acids is 2.